The molecular formula is C21H19N5O2. The third-order valence-electron chi connectivity index (χ3n) is 4.00. The minimum Gasteiger partial charge on any atom is -0.497 e. The molecule has 0 saturated carbocycles. The van der Waals surface area contributed by atoms with E-state index in [0.29, 0.717) is 23.6 Å². The van der Waals surface area contributed by atoms with Crippen LogP contribution in [0.5, 0.6) is 5.75 Å². The van der Waals surface area contributed by atoms with Gasteiger partial charge in [-0.1, -0.05) is 18.2 Å². The van der Waals surface area contributed by atoms with E-state index in [2.05, 4.69) is 20.8 Å². The number of hydrogen-bond acceptors (Lipinski definition) is 6. The number of anilines is 2. The van der Waals surface area contributed by atoms with E-state index in [1.807, 2.05) is 30.3 Å². The van der Waals surface area contributed by atoms with E-state index in [9.17, 15) is 4.79 Å². The highest BCUT2D eigenvalue weighted by molar-refractivity contribution is 6.02. The predicted octanol–water partition coefficient (Wildman–Crippen LogP) is 3.26. The average molecular weight is 373 g/mol. The molecular weight excluding hydrogens is 354 g/mol. The molecule has 0 spiro atoms. The molecule has 7 heteroatoms. The molecule has 140 valence electrons. The number of nitrogens with zero attached hydrogens (tertiary/aromatic N) is 3. The molecule has 0 aliphatic heterocycles. The van der Waals surface area contributed by atoms with Gasteiger partial charge in [0, 0.05) is 12.2 Å². The molecule has 0 unspecified atom stereocenters. The summed E-state index contributed by atoms with van der Waals surface area (Å²) in [6.07, 6.45) is 0.802. The fourth-order valence-corrected chi connectivity index (χ4v) is 2.57. The molecule has 3 aromatic rings. The van der Waals surface area contributed by atoms with Gasteiger partial charge in [-0.25, -0.2) is 0 Å². The van der Waals surface area contributed by atoms with Crippen LogP contribution in [-0.2, 0) is 6.42 Å². The Balaban J connectivity index is 1.54. The lowest BCUT2D eigenvalue weighted by Gasteiger charge is -2.08. The summed E-state index contributed by atoms with van der Waals surface area (Å²) in [6, 6.07) is 19.9. The van der Waals surface area contributed by atoms with Gasteiger partial charge in [-0.2, -0.15) is 5.26 Å². The largest absolute Gasteiger partial charge is 0.497 e. The molecule has 2 aromatic carbocycles. The van der Waals surface area contributed by atoms with E-state index >= 15 is 0 Å². The number of benzene rings is 2. The van der Waals surface area contributed by atoms with Gasteiger partial charge in [-0.05, 0) is 54.4 Å². The molecule has 0 bridgehead atoms. The van der Waals surface area contributed by atoms with Gasteiger partial charge in [-0.3, -0.25) is 4.79 Å². The van der Waals surface area contributed by atoms with Crippen LogP contribution >= 0.6 is 0 Å². The van der Waals surface area contributed by atoms with Crippen molar-refractivity contribution in [1.29, 1.82) is 5.26 Å². The lowest BCUT2D eigenvalue weighted by molar-refractivity contribution is 0.102. The highest BCUT2D eigenvalue weighted by atomic mass is 16.5. The lowest BCUT2D eigenvalue weighted by Crippen LogP contribution is -2.15. The first-order valence-corrected chi connectivity index (χ1v) is 8.70. The molecule has 0 aliphatic rings. The highest BCUT2D eigenvalue weighted by Gasteiger charge is 2.09. The summed E-state index contributed by atoms with van der Waals surface area (Å²) in [5, 5.41) is 22.8. The van der Waals surface area contributed by atoms with Crippen molar-refractivity contribution < 1.29 is 9.53 Å². The Labute approximate surface area is 163 Å². The summed E-state index contributed by atoms with van der Waals surface area (Å²) in [7, 11) is 1.64. The van der Waals surface area contributed by atoms with Crippen LogP contribution in [0.2, 0.25) is 0 Å². The first kappa shape index (κ1) is 18.9. The van der Waals surface area contributed by atoms with Crippen LogP contribution < -0.4 is 15.4 Å². The number of hydrogen-bond donors (Lipinski definition) is 2. The Hall–Kier alpha value is -3.92. The second kappa shape index (κ2) is 9.14. The van der Waals surface area contributed by atoms with Gasteiger partial charge < -0.3 is 15.4 Å². The van der Waals surface area contributed by atoms with Crippen molar-refractivity contribution in [1.82, 2.24) is 10.2 Å². The molecule has 3 rings (SSSR count). The monoisotopic (exact) mass is 373 g/mol. The average Bonchev–Trinajstić information content (AvgIpc) is 2.74. The van der Waals surface area contributed by atoms with Crippen molar-refractivity contribution in [3.05, 3.63) is 77.5 Å². The number of rotatable bonds is 7. The number of nitrogens with one attached hydrogen (secondary N) is 2. The van der Waals surface area contributed by atoms with Crippen molar-refractivity contribution in [2.24, 2.45) is 0 Å². The summed E-state index contributed by atoms with van der Waals surface area (Å²) in [5.74, 6) is 1.03. The van der Waals surface area contributed by atoms with Gasteiger partial charge in [-0.15, -0.1) is 10.2 Å². The molecule has 0 fully saturated rings. The molecule has 7 nitrogen and oxygen atoms in total. The first-order chi connectivity index (χ1) is 13.7. The topological polar surface area (TPSA) is 99.9 Å². The number of ether oxygens (including phenoxy) is 1. The zero-order chi connectivity index (χ0) is 19.8. The van der Waals surface area contributed by atoms with Gasteiger partial charge >= 0.3 is 0 Å². The van der Waals surface area contributed by atoms with Crippen molar-refractivity contribution >= 4 is 17.4 Å². The number of nitriles is 1. The number of carbonyl (C=O) groups is 1. The van der Waals surface area contributed by atoms with Crippen molar-refractivity contribution in [3.63, 3.8) is 0 Å². The van der Waals surface area contributed by atoms with E-state index < -0.39 is 0 Å². The Bertz CT molecular complexity index is 996. The predicted molar refractivity (Wildman–Crippen MR) is 106 cm³/mol. The molecule has 1 amide bonds. The van der Waals surface area contributed by atoms with E-state index in [4.69, 9.17) is 10.00 Å². The molecule has 0 aliphatic carbocycles. The third kappa shape index (κ3) is 5.05. The Morgan fingerprint density at radius 2 is 1.96 bits per heavy atom. The van der Waals surface area contributed by atoms with Crippen LogP contribution in [-0.4, -0.2) is 29.8 Å². The van der Waals surface area contributed by atoms with Crippen LogP contribution in [0, 0.1) is 11.3 Å². The van der Waals surface area contributed by atoms with E-state index in [1.54, 1.807) is 43.5 Å². The lowest BCUT2D eigenvalue weighted by atomic mass is 10.1. The van der Waals surface area contributed by atoms with Crippen molar-refractivity contribution in [3.8, 4) is 11.8 Å². The smallest absolute Gasteiger partial charge is 0.276 e. The fourth-order valence-electron chi connectivity index (χ4n) is 2.57. The Morgan fingerprint density at radius 3 is 2.71 bits per heavy atom. The minimum atomic E-state index is -0.384. The van der Waals surface area contributed by atoms with E-state index in [-0.39, 0.29) is 11.6 Å². The molecule has 28 heavy (non-hydrogen) atoms. The molecule has 0 saturated heterocycles. The van der Waals surface area contributed by atoms with Crippen LogP contribution in [0.4, 0.5) is 11.5 Å². The second-order valence-electron chi connectivity index (χ2n) is 5.98. The van der Waals surface area contributed by atoms with Crippen LogP contribution in [0.3, 0.4) is 0 Å². The molecule has 0 radical (unpaired) electrons. The SMILES string of the molecule is COc1cccc(CCNc2ccc(C(=O)Nc3cccc(C#N)c3)nn2)c1. The van der Waals surface area contributed by atoms with Crippen LogP contribution in [0.15, 0.2) is 60.7 Å². The minimum absolute atomic E-state index is 0.195. The number of aromatic nitrogens is 2. The zero-order valence-corrected chi connectivity index (χ0v) is 15.3. The standard InChI is InChI=1S/C21H19N5O2/c1-28-18-7-3-4-15(13-18)10-11-23-20-9-8-19(25-26-20)21(27)24-17-6-2-5-16(12-17)14-22/h2-9,12-13H,10-11H2,1H3,(H,23,26)(H,24,27). The first-order valence-electron chi connectivity index (χ1n) is 8.70. The number of methoxy groups -OCH3 is 1. The van der Waals surface area contributed by atoms with Gasteiger partial charge in [0.1, 0.15) is 11.6 Å². The van der Waals surface area contributed by atoms with Gasteiger partial charge in [0.25, 0.3) is 5.91 Å². The summed E-state index contributed by atoms with van der Waals surface area (Å²) >= 11 is 0. The number of amides is 1. The summed E-state index contributed by atoms with van der Waals surface area (Å²) in [6.45, 7) is 0.675. The maximum atomic E-state index is 12.3. The fraction of sp³-hybridized carbons (Fsp3) is 0.143. The van der Waals surface area contributed by atoms with Crippen molar-refractivity contribution in [2.45, 2.75) is 6.42 Å². The normalized spacial score (nSPS) is 10.0. The van der Waals surface area contributed by atoms with Gasteiger partial charge in [0.05, 0.1) is 18.7 Å². The van der Waals surface area contributed by atoms with E-state index in [0.717, 1.165) is 17.7 Å². The molecule has 2 N–H and O–H groups in total. The highest BCUT2D eigenvalue weighted by Crippen LogP contribution is 2.14. The van der Waals surface area contributed by atoms with E-state index in [1.165, 1.54) is 0 Å². The maximum Gasteiger partial charge on any atom is 0.276 e. The summed E-state index contributed by atoms with van der Waals surface area (Å²) < 4.78 is 5.21. The van der Waals surface area contributed by atoms with Gasteiger partial charge in [0.15, 0.2) is 5.69 Å². The quantitative estimate of drug-likeness (QED) is 0.659. The van der Waals surface area contributed by atoms with Crippen molar-refractivity contribution in [2.75, 3.05) is 24.3 Å². The molecule has 1 aromatic heterocycles. The van der Waals surface area contributed by atoms with Crippen LogP contribution in [0.25, 0.3) is 0 Å². The molecule has 0 atom stereocenters. The number of carbonyl (C=O) groups excluding carboxylic acids is 1. The summed E-state index contributed by atoms with van der Waals surface area (Å²) in [4.78, 5) is 12.3. The zero-order valence-electron chi connectivity index (χ0n) is 15.3. The molecule has 1 heterocycles. The maximum absolute atomic E-state index is 12.3. The second-order valence-corrected chi connectivity index (χ2v) is 5.98. The Kier molecular flexibility index (Phi) is 6.16. The van der Waals surface area contributed by atoms with Crippen LogP contribution in [0.1, 0.15) is 21.6 Å². The van der Waals surface area contributed by atoms with Gasteiger partial charge in [0.2, 0.25) is 0 Å². The summed E-state index contributed by atoms with van der Waals surface area (Å²) in [5.41, 5.74) is 2.35. The third-order valence-corrected chi connectivity index (χ3v) is 4.00. The Morgan fingerprint density at radius 1 is 1.11 bits per heavy atom.